The standard InChI is InChI=1S/C9H12ClNOS/c1-2-8(5-10)11-9(12)7-3-4-13-6-7/h3-4,6,8H,2,5H2,1H3,(H,11,12). The molecule has 1 rings (SSSR count). The van der Waals surface area contributed by atoms with Gasteiger partial charge in [0.2, 0.25) is 0 Å². The van der Waals surface area contributed by atoms with Gasteiger partial charge in [-0.3, -0.25) is 4.79 Å². The molecule has 4 heteroatoms. The van der Waals surface area contributed by atoms with Crippen LogP contribution in [0.3, 0.4) is 0 Å². The second kappa shape index (κ2) is 5.25. The molecule has 1 N–H and O–H groups in total. The van der Waals surface area contributed by atoms with Crippen molar-refractivity contribution in [2.75, 3.05) is 5.88 Å². The molecule has 1 atom stereocenters. The molecular formula is C9H12ClNOS. The third-order valence-corrected chi connectivity index (χ3v) is 2.85. The first-order chi connectivity index (χ1) is 6.27. The van der Waals surface area contributed by atoms with Crippen molar-refractivity contribution in [2.45, 2.75) is 19.4 Å². The highest BCUT2D eigenvalue weighted by atomic mass is 35.5. The van der Waals surface area contributed by atoms with Gasteiger partial charge >= 0.3 is 0 Å². The predicted molar refractivity (Wildman–Crippen MR) is 56.6 cm³/mol. The van der Waals surface area contributed by atoms with Crippen molar-refractivity contribution in [1.29, 1.82) is 0 Å². The molecular weight excluding hydrogens is 206 g/mol. The molecule has 0 saturated carbocycles. The van der Waals surface area contributed by atoms with Crippen molar-refractivity contribution in [2.24, 2.45) is 0 Å². The van der Waals surface area contributed by atoms with Crippen molar-refractivity contribution >= 4 is 28.8 Å². The lowest BCUT2D eigenvalue weighted by Gasteiger charge is -2.12. The largest absolute Gasteiger partial charge is 0.348 e. The van der Waals surface area contributed by atoms with Gasteiger partial charge in [0.25, 0.3) is 5.91 Å². The first kappa shape index (κ1) is 10.5. The summed E-state index contributed by atoms with van der Waals surface area (Å²) in [6.45, 7) is 2.00. The van der Waals surface area contributed by atoms with Crippen molar-refractivity contribution < 1.29 is 4.79 Å². The smallest absolute Gasteiger partial charge is 0.252 e. The van der Waals surface area contributed by atoms with E-state index in [4.69, 9.17) is 11.6 Å². The number of nitrogens with one attached hydrogen (secondary N) is 1. The van der Waals surface area contributed by atoms with Crippen molar-refractivity contribution in [3.05, 3.63) is 22.4 Å². The summed E-state index contributed by atoms with van der Waals surface area (Å²) in [5.41, 5.74) is 0.716. The van der Waals surface area contributed by atoms with Gasteiger partial charge in [0, 0.05) is 22.9 Å². The minimum Gasteiger partial charge on any atom is -0.348 e. The molecule has 72 valence electrons. The van der Waals surface area contributed by atoms with Crippen LogP contribution in [0.1, 0.15) is 23.7 Å². The Balaban J connectivity index is 2.50. The zero-order valence-corrected chi connectivity index (χ0v) is 8.99. The van der Waals surface area contributed by atoms with Crippen LogP contribution in [-0.2, 0) is 0 Å². The lowest BCUT2D eigenvalue weighted by molar-refractivity contribution is 0.0940. The normalized spacial score (nSPS) is 12.5. The van der Waals surface area contributed by atoms with E-state index in [-0.39, 0.29) is 11.9 Å². The molecule has 1 unspecified atom stereocenters. The maximum Gasteiger partial charge on any atom is 0.252 e. The van der Waals surface area contributed by atoms with E-state index in [1.165, 1.54) is 11.3 Å². The van der Waals surface area contributed by atoms with Gasteiger partial charge in [-0.1, -0.05) is 6.92 Å². The SMILES string of the molecule is CCC(CCl)NC(=O)c1ccsc1. The first-order valence-corrected chi connectivity index (χ1v) is 5.64. The van der Waals surface area contributed by atoms with Crippen LogP contribution >= 0.6 is 22.9 Å². The van der Waals surface area contributed by atoms with E-state index in [0.717, 1.165) is 6.42 Å². The van der Waals surface area contributed by atoms with E-state index in [2.05, 4.69) is 5.32 Å². The van der Waals surface area contributed by atoms with Gasteiger partial charge in [-0.15, -0.1) is 11.6 Å². The number of thiophene rings is 1. The lowest BCUT2D eigenvalue weighted by Crippen LogP contribution is -2.35. The Morgan fingerprint density at radius 3 is 3.00 bits per heavy atom. The maximum atomic E-state index is 11.5. The molecule has 0 aliphatic rings. The molecule has 2 nitrogen and oxygen atoms in total. The van der Waals surface area contributed by atoms with Gasteiger partial charge in [0.05, 0.1) is 0 Å². The molecule has 0 aliphatic heterocycles. The second-order valence-corrected chi connectivity index (χ2v) is 3.83. The maximum absolute atomic E-state index is 11.5. The minimum absolute atomic E-state index is 0.0336. The average Bonchev–Trinajstić information content (AvgIpc) is 2.66. The van der Waals surface area contributed by atoms with Gasteiger partial charge in [-0.05, 0) is 17.9 Å². The number of carbonyl (C=O) groups is 1. The molecule has 0 radical (unpaired) electrons. The van der Waals surface area contributed by atoms with E-state index >= 15 is 0 Å². The summed E-state index contributed by atoms with van der Waals surface area (Å²) in [7, 11) is 0. The Kier molecular flexibility index (Phi) is 4.25. The Morgan fingerprint density at radius 1 is 1.77 bits per heavy atom. The number of amides is 1. The second-order valence-electron chi connectivity index (χ2n) is 2.74. The first-order valence-electron chi connectivity index (χ1n) is 4.17. The number of halogens is 1. The summed E-state index contributed by atoms with van der Waals surface area (Å²) in [6, 6.07) is 1.88. The van der Waals surface area contributed by atoms with E-state index < -0.39 is 0 Å². The highest BCUT2D eigenvalue weighted by Gasteiger charge is 2.10. The molecule has 1 aromatic rings. The molecule has 0 spiro atoms. The fourth-order valence-electron chi connectivity index (χ4n) is 0.912. The fourth-order valence-corrected chi connectivity index (χ4v) is 1.84. The quantitative estimate of drug-likeness (QED) is 0.772. The predicted octanol–water partition coefficient (Wildman–Crippen LogP) is 2.50. The zero-order chi connectivity index (χ0) is 9.68. The van der Waals surface area contributed by atoms with Crippen LogP contribution in [0, 0.1) is 0 Å². The molecule has 1 aromatic heterocycles. The lowest BCUT2D eigenvalue weighted by atomic mass is 10.2. The van der Waals surface area contributed by atoms with E-state index in [1.54, 1.807) is 6.07 Å². The summed E-state index contributed by atoms with van der Waals surface area (Å²) in [6.07, 6.45) is 0.860. The van der Waals surface area contributed by atoms with Crippen molar-refractivity contribution in [1.82, 2.24) is 5.32 Å². The third kappa shape index (κ3) is 3.01. The Hall–Kier alpha value is -0.540. The Morgan fingerprint density at radius 2 is 2.54 bits per heavy atom. The molecule has 0 bridgehead atoms. The van der Waals surface area contributed by atoms with Crippen LogP contribution < -0.4 is 5.32 Å². The molecule has 0 saturated heterocycles. The van der Waals surface area contributed by atoms with Crippen LogP contribution in [0.25, 0.3) is 0 Å². The summed E-state index contributed by atoms with van der Waals surface area (Å²) in [5, 5.41) is 6.57. The Bertz CT molecular complexity index is 257. The molecule has 0 aromatic carbocycles. The van der Waals surface area contributed by atoms with Gasteiger partial charge < -0.3 is 5.32 Å². The average molecular weight is 218 g/mol. The van der Waals surface area contributed by atoms with Gasteiger partial charge in [-0.25, -0.2) is 0 Å². The van der Waals surface area contributed by atoms with Gasteiger partial charge in [0.15, 0.2) is 0 Å². The molecule has 0 fully saturated rings. The summed E-state index contributed by atoms with van der Waals surface area (Å²) in [4.78, 5) is 11.5. The van der Waals surface area contributed by atoms with E-state index in [0.29, 0.717) is 11.4 Å². The number of rotatable bonds is 4. The molecule has 1 heterocycles. The summed E-state index contributed by atoms with van der Waals surface area (Å²) in [5.74, 6) is 0.431. The molecule has 1 amide bonds. The highest BCUT2D eigenvalue weighted by molar-refractivity contribution is 7.08. The minimum atomic E-state index is -0.0336. The number of hydrogen-bond donors (Lipinski definition) is 1. The highest BCUT2D eigenvalue weighted by Crippen LogP contribution is 2.06. The van der Waals surface area contributed by atoms with Crippen LogP contribution in [0.2, 0.25) is 0 Å². The van der Waals surface area contributed by atoms with Crippen LogP contribution in [0.15, 0.2) is 16.8 Å². The summed E-state index contributed by atoms with van der Waals surface area (Å²) < 4.78 is 0. The van der Waals surface area contributed by atoms with Crippen molar-refractivity contribution in [3.63, 3.8) is 0 Å². The molecule has 0 aliphatic carbocycles. The third-order valence-electron chi connectivity index (χ3n) is 1.80. The van der Waals surface area contributed by atoms with Gasteiger partial charge in [-0.2, -0.15) is 11.3 Å². The Labute approximate surface area is 86.9 Å². The monoisotopic (exact) mass is 217 g/mol. The zero-order valence-electron chi connectivity index (χ0n) is 7.42. The van der Waals surface area contributed by atoms with E-state index in [9.17, 15) is 4.79 Å². The van der Waals surface area contributed by atoms with Crippen molar-refractivity contribution in [3.8, 4) is 0 Å². The fraction of sp³-hybridized carbons (Fsp3) is 0.444. The van der Waals surface area contributed by atoms with E-state index in [1.807, 2.05) is 17.7 Å². The van der Waals surface area contributed by atoms with Crippen LogP contribution in [-0.4, -0.2) is 17.8 Å². The van der Waals surface area contributed by atoms with Crippen LogP contribution in [0.5, 0.6) is 0 Å². The summed E-state index contributed by atoms with van der Waals surface area (Å²) >= 11 is 7.18. The van der Waals surface area contributed by atoms with Gasteiger partial charge in [0.1, 0.15) is 0 Å². The number of hydrogen-bond acceptors (Lipinski definition) is 2. The number of carbonyl (C=O) groups excluding carboxylic acids is 1. The molecule has 13 heavy (non-hydrogen) atoms. The number of alkyl halides is 1. The topological polar surface area (TPSA) is 29.1 Å². The van der Waals surface area contributed by atoms with Crippen LogP contribution in [0.4, 0.5) is 0 Å².